The Balaban J connectivity index is 1.72. The largest absolute Gasteiger partial charge is 0.314 e. The molecule has 1 fully saturated rings. The van der Waals surface area contributed by atoms with Crippen molar-refractivity contribution >= 4 is 10.9 Å². The molecule has 3 nitrogen and oxygen atoms in total. The van der Waals surface area contributed by atoms with E-state index in [4.69, 9.17) is 0 Å². The van der Waals surface area contributed by atoms with E-state index in [0.29, 0.717) is 0 Å². The lowest BCUT2D eigenvalue weighted by Gasteiger charge is -2.32. The fraction of sp³-hybridized carbons (Fsp3) is 0.286. The number of benzene rings is 2. The number of hydrogen-bond donors (Lipinski definition) is 2. The van der Waals surface area contributed by atoms with Crippen molar-refractivity contribution in [2.75, 3.05) is 19.6 Å². The van der Waals surface area contributed by atoms with Crippen molar-refractivity contribution in [3.63, 3.8) is 0 Å². The first kappa shape index (κ1) is 16.2. The Hall–Kier alpha value is -2.30. The number of para-hydroxylation sites is 1. The summed E-state index contributed by atoms with van der Waals surface area (Å²) in [6.45, 7) is 2.80. The molecule has 1 saturated heterocycles. The highest BCUT2D eigenvalue weighted by Gasteiger charge is 2.26. The maximum Gasteiger partial charge on any atom is 0.123 e. The van der Waals surface area contributed by atoms with E-state index in [9.17, 15) is 4.39 Å². The van der Waals surface area contributed by atoms with Crippen molar-refractivity contribution in [1.29, 1.82) is 0 Å². The van der Waals surface area contributed by atoms with Gasteiger partial charge in [-0.2, -0.15) is 0 Å². The molecule has 2 aromatic carbocycles. The second-order valence-corrected chi connectivity index (χ2v) is 6.62. The SMILES string of the molecule is Fc1cccc(C(Cc2cccc3cccnc23)C2CNCCN2)c1. The average Bonchev–Trinajstić information content (AvgIpc) is 2.67. The van der Waals surface area contributed by atoms with Crippen LogP contribution in [0.5, 0.6) is 0 Å². The van der Waals surface area contributed by atoms with Crippen LogP contribution in [0.25, 0.3) is 10.9 Å². The molecule has 2 heterocycles. The Morgan fingerprint density at radius 3 is 2.80 bits per heavy atom. The molecular weight excluding hydrogens is 313 g/mol. The summed E-state index contributed by atoms with van der Waals surface area (Å²) in [7, 11) is 0. The molecule has 2 atom stereocenters. The van der Waals surface area contributed by atoms with Crippen molar-refractivity contribution in [3.05, 3.63) is 77.7 Å². The Morgan fingerprint density at radius 1 is 1.08 bits per heavy atom. The molecule has 0 bridgehead atoms. The van der Waals surface area contributed by atoms with E-state index in [2.05, 4.69) is 39.9 Å². The van der Waals surface area contributed by atoms with Gasteiger partial charge >= 0.3 is 0 Å². The lowest BCUT2D eigenvalue weighted by Crippen LogP contribution is -2.51. The lowest BCUT2D eigenvalue weighted by atomic mass is 9.84. The van der Waals surface area contributed by atoms with Crippen molar-refractivity contribution in [1.82, 2.24) is 15.6 Å². The number of nitrogens with zero attached hydrogens (tertiary/aromatic N) is 1. The van der Waals surface area contributed by atoms with Crippen LogP contribution >= 0.6 is 0 Å². The molecule has 25 heavy (non-hydrogen) atoms. The molecule has 128 valence electrons. The van der Waals surface area contributed by atoms with Crippen LogP contribution < -0.4 is 10.6 Å². The lowest BCUT2D eigenvalue weighted by molar-refractivity contribution is 0.363. The molecule has 1 aliphatic rings. The van der Waals surface area contributed by atoms with E-state index < -0.39 is 0 Å². The van der Waals surface area contributed by atoms with Crippen LogP contribution in [-0.4, -0.2) is 30.7 Å². The minimum Gasteiger partial charge on any atom is -0.314 e. The van der Waals surface area contributed by atoms with E-state index in [1.54, 1.807) is 12.1 Å². The van der Waals surface area contributed by atoms with Crippen LogP contribution in [0.1, 0.15) is 17.0 Å². The maximum absolute atomic E-state index is 13.8. The van der Waals surface area contributed by atoms with E-state index >= 15 is 0 Å². The number of piperazine rings is 1. The standard InChI is InChI=1S/C21H22FN3/c22-18-8-2-5-16(12-18)19(20-14-23-10-11-24-20)13-17-6-1-4-15-7-3-9-25-21(15)17/h1-9,12,19-20,23-24H,10-11,13-14H2. The van der Waals surface area contributed by atoms with Crippen LogP contribution in [-0.2, 0) is 6.42 Å². The van der Waals surface area contributed by atoms with Gasteiger partial charge in [0.2, 0.25) is 0 Å². The summed E-state index contributed by atoms with van der Waals surface area (Å²) in [6.07, 6.45) is 2.67. The molecule has 0 saturated carbocycles. The van der Waals surface area contributed by atoms with Crippen LogP contribution in [0, 0.1) is 5.82 Å². The number of halogens is 1. The number of nitrogens with one attached hydrogen (secondary N) is 2. The normalized spacial score (nSPS) is 19.0. The number of fused-ring (bicyclic) bond motifs is 1. The first-order valence-electron chi connectivity index (χ1n) is 8.83. The smallest absolute Gasteiger partial charge is 0.123 e. The third kappa shape index (κ3) is 3.55. The number of pyridine rings is 1. The second kappa shape index (κ2) is 7.30. The zero-order chi connectivity index (χ0) is 17.1. The van der Waals surface area contributed by atoms with Gasteiger partial charge in [0.1, 0.15) is 5.82 Å². The summed E-state index contributed by atoms with van der Waals surface area (Å²) < 4.78 is 13.8. The molecule has 0 aliphatic carbocycles. The van der Waals surface area contributed by atoms with Gasteiger partial charge in [0.15, 0.2) is 0 Å². The van der Waals surface area contributed by atoms with Crippen LogP contribution in [0.4, 0.5) is 4.39 Å². The third-order valence-electron chi connectivity index (χ3n) is 4.99. The topological polar surface area (TPSA) is 37.0 Å². The summed E-state index contributed by atoms with van der Waals surface area (Å²) >= 11 is 0. The molecule has 0 amide bonds. The summed E-state index contributed by atoms with van der Waals surface area (Å²) in [4.78, 5) is 4.58. The molecule has 2 unspecified atom stereocenters. The molecule has 0 radical (unpaired) electrons. The van der Waals surface area contributed by atoms with Crippen molar-refractivity contribution < 1.29 is 4.39 Å². The fourth-order valence-electron chi connectivity index (χ4n) is 3.76. The zero-order valence-corrected chi connectivity index (χ0v) is 14.1. The quantitative estimate of drug-likeness (QED) is 0.768. The summed E-state index contributed by atoms with van der Waals surface area (Å²) in [6, 6.07) is 17.6. The first-order chi connectivity index (χ1) is 12.3. The van der Waals surface area contributed by atoms with Gasteiger partial charge in [-0.1, -0.05) is 36.4 Å². The minimum atomic E-state index is -0.178. The molecule has 3 aromatic rings. The fourth-order valence-corrected chi connectivity index (χ4v) is 3.76. The summed E-state index contributed by atoms with van der Waals surface area (Å²) in [5.41, 5.74) is 3.28. The summed E-state index contributed by atoms with van der Waals surface area (Å²) in [5.74, 6) is 0.0124. The average molecular weight is 335 g/mol. The molecule has 4 rings (SSSR count). The van der Waals surface area contributed by atoms with Gasteiger partial charge < -0.3 is 10.6 Å². The van der Waals surface area contributed by atoms with Gasteiger partial charge in [-0.25, -0.2) is 4.39 Å². The van der Waals surface area contributed by atoms with Gasteiger partial charge in [-0.15, -0.1) is 0 Å². The molecule has 0 spiro atoms. The van der Waals surface area contributed by atoms with E-state index in [0.717, 1.165) is 42.5 Å². The van der Waals surface area contributed by atoms with Gasteiger partial charge in [0.25, 0.3) is 0 Å². The third-order valence-corrected chi connectivity index (χ3v) is 4.99. The van der Waals surface area contributed by atoms with E-state index in [-0.39, 0.29) is 17.8 Å². The predicted molar refractivity (Wildman–Crippen MR) is 99.2 cm³/mol. The van der Waals surface area contributed by atoms with E-state index in [1.807, 2.05) is 18.3 Å². The van der Waals surface area contributed by atoms with Crippen molar-refractivity contribution in [3.8, 4) is 0 Å². The van der Waals surface area contributed by atoms with Gasteiger partial charge in [0.05, 0.1) is 5.52 Å². The Bertz CT molecular complexity index is 853. The van der Waals surface area contributed by atoms with Crippen molar-refractivity contribution in [2.45, 2.75) is 18.4 Å². The summed E-state index contributed by atoms with van der Waals surface area (Å²) in [5, 5.41) is 8.20. The van der Waals surface area contributed by atoms with E-state index in [1.165, 1.54) is 11.6 Å². The van der Waals surface area contributed by atoms with Gasteiger partial charge in [-0.05, 0) is 35.7 Å². The Labute approximate surface area is 147 Å². The Morgan fingerprint density at radius 2 is 1.96 bits per heavy atom. The Kier molecular flexibility index (Phi) is 4.72. The molecular formula is C21H22FN3. The molecule has 1 aliphatic heterocycles. The predicted octanol–water partition coefficient (Wildman–Crippen LogP) is 3.26. The maximum atomic E-state index is 13.8. The number of hydrogen-bond acceptors (Lipinski definition) is 3. The second-order valence-electron chi connectivity index (χ2n) is 6.62. The highest BCUT2D eigenvalue weighted by molar-refractivity contribution is 5.81. The molecule has 2 N–H and O–H groups in total. The van der Waals surface area contributed by atoms with Crippen LogP contribution in [0.3, 0.4) is 0 Å². The highest BCUT2D eigenvalue weighted by atomic mass is 19.1. The number of aromatic nitrogens is 1. The molecule has 1 aromatic heterocycles. The van der Waals surface area contributed by atoms with Gasteiger partial charge in [0, 0.05) is 43.2 Å². The van der Waals surface area contributed by atoms with Crippen molar-refractivity contribution in [2.24, 2.45) is 0 Å². The zero-order valence-electron chi connectivity index (χ0n) is 14.1. The molecule has 4 heteroatoms. The van der Waals surface area contributed by atoms with Gasteiger partial charge in [-0.3, -0.25) is 4.98 Å². The monoisotopic (exact) mass is 335 g/mol. The number of rotatable bonds is 4. The van der Waals surface area contributed by atoms with Crippen LogP contribution in [0.15, 0.2) is 60.8 Å². The highest BCUT2D eigenvalue weighted by Crippen LogP contribution is 2.28. The minimum absolute atomic E-state index is 0.178. The van der Waals surface area contributed by atoms with Crippen LogP contribution in [0.2, 0.25) is 0 Å². The first-order valence-corrected chi connectivity index (χ1v) is 8.83.